The maximum Gasteiger partial charge on any atom is 0.265 e. The van der Waals surface area contributed by atoms with Crippen LogP contribution in [0.4, 0.5) is 5.69 Å². The van der Waals surface area contributed by atoms with Gasteiger partial charge in [-0.15, -0.1) is 0 Å². The molecule has 2 aromatic rings. The molecule has 1 N–H and O–H groups in total. The molecule has 2 rings (SSSR count). The zero-order chi connectivity index (χ0) is 16.1. The summed E-state index contributed by atoms with van der Waals surface area (Å²) in [5, 5.41) is 2.78. The fraction of sp³-hybridized carbons (Fsp3) is 0.176. The average Bonchev–Trinajstić information content (AvgIpc) is 2.47. The highest BCUT2D eigenvalue weighted by molar-refractivity contribution is 9.10. The van der Waals surface area contributed by atoms with Crippen LogP contribution in [0, 0.1) is 0 Å². The molecule has 0 radical (unpaired) electrons. The van der Waals surface area contributed by atoms with Crippen molar-refractivity contribution in [2.24, 2.45) is 0 Å². The number of hydrogen-bond acceptors (Lipinski definition) is 3. The summed E-state index contributed by atoms with van der Waals surface area (Å²) in [6.45, 7) is 3.15. The second-order valence-electron chi connectivity index (χ2n) is 4.84. The number of anilines is 1. The molecule has 0 aliphatic carbocycles. The largest absolute Gasteiger partial charge is 0.481 e. The van der Waals surface area contributed by atoms with Crippen LogP contribution < -0.4 is 10.1 Å². The number of amides is 1. The van der Waals surface area contributed by atoms with Gasteiger partial charge < -0.3 is 10.1 Å². The highest BCUT2D eigenvalue weighted by atomic mass is 79.9. The number of halogens is 1. The summed E-state index contributed by atoms with van der Waals surface area (Å²) >= 11 is 3.35. The van der Waals surface area contributed by atoms with Crippen LogP contribution >= 0.6 is 15.9 Å². The molecule has 0 heterocycles. The van der Waals surface area contributed by atoms with Gasteiger partial charge in [-0.05, 0) is 44.2 Å². The Morgan fingerprint density at radius 3 is 2.55 bits per heavy atom. The quantitative estimate of drug-likeness (QED) is 0.817. The lowest BCUT2D eigenvalue weighted by Gasteiger charge is -2.15. The number of Topliss-reactive ketones (excluding diaryl/α,β-unsaturated/α-hetero) is 1. The molecule has 0 spiro atoms. The van der Waals surface area contributed by atoms with Gasteiger partial charge in [-0.25, -0.2) is 0 Å². The zero-order valence-corrected chi connectivity index (χ0v) is 13.9. The molecule has 0 aliphatic rings. The van der Waals surface area contributed by atoms with E-state index in [-0.39, 0.29) is 11.7 Å². The number of benzene rings is 2. The molecule has 1 atom stereocenters. The van der Waals surface area contributed by atoms with Crippen LogP contribution in [0.15, 0.2) is 53.0 Å². The molecule has 2 aromatic carbocycles. The highest BCUT2D eigenvalue weighted by Crippen LogP contribution is 2.18. The minimum absolute atomic E-state index is 0.0447. The van der Waals surface area contributed by atoms with Crippen molar-refractivity contribution in [3.63, 3.8) is 0 Å². The Hall–Kier alpha value is -2.14. The standard InChI is InChI=1S/C17H16BrNO3/c1-11(20)13-5-3-8-16(9-13)22-12(2)17(21)19-15-7-4-6-14(18)10-15/h3-10,12H,1-2H3,(H,19,21)/t12-/m1/s1. The lowest BCUT2D eigenvalue weighted by Crippen LogP contribution is -2.30. The van der Waals surface area contributed by atoms with Gasteiger partial charge in [0.2, 0.25) is 0 Å². The van der Waals surface area contributed by atoms with E-state index in [1.165, 1.54) is 6.92 Å². The number of hydrogen-bond donors (Lipinski definition) is 1. The molecule has 22 heavy (non-hydrogen) atoms. The van der Waals surface area contributed by atoms with Gasteiger partial charge in [0.15, 0.2) is 11.9 Å². The molecule has 0 fully saturated rings. The van der Waals surface area contributed by atoms with Crippen molar-refractivity contribution < 1.29 is 14.3 Å². The third-order valence-corrected chi connectivity index (χ3v) is 3.51. The Balaban J connectivity index is 2.02. The summed E-state index contributed by atoms with van der Waals surface area (Å²) in [5.74, 6) is 0.188. The molecule has 114 valence electrons. The molecular weight excluding hydrogens is 346 g/mol. The van der Waals surface area contributed by atoms with Gasteiger partial charge >= 0.3 is 0 Å². The van der Waals surface area contributed by atoms with E-state index in [9.17, 15) is 9.59 Å². The second kappa shape index (κ2) is 7.22. The zero-order valence-electron chi connectivity index (χ0n) is 12.3. The molecule has 0 saturated carbocycles. The fourth-order valence-corrected chi connectivity index (χ4v) is 2.26. The van der Waals surface area contributed by atoms with Crippen LogP contribution in [0.5, 0.6) is 5.75 Å². The number of rotatable bonds is 5. The molecule has 0 bridgehead atoms. The lowest BCUT2D eigenvalue weighted by atomic mass is 10.1. The average molecular weight is 362 g/mol. The summed E-state index contributed by atoms with van der Waals surface area (Å²) in [5.41, 5.74) is 1.24. The van der Waals surface area contributed by atoms with Crippen LogP contribution in [0.1, 0.15) is 24.2 Å². The van der Waals surface area contributed by atoms with Crippen molar-refractivity contribution in [3.05, 3.63) is 58.6 Å². The van der Waals surface area contributed by atoms with Crippen molar-refractivity contribution in [2.45, 2.75) is 20.0 Å². The summed E-state index contributed by atoms with van der Waals surface area (Å²) in [6, 6.07) is 14.1. The van der Waals surface area contributed by atoms with E-state index in [0.717, 1.165) is 4.47 Å². The maximum absolute atomic E-state index is 12.1. The third-order valence-electron chi connectivity index (χ3n) is 3.01. The van der Waals surface area contributed by atoms with Crippen molar-refractivity contribution in [1.82, 2.24) is 0 Å². The van der Waals surface area contributed by atoms with Crippen LogP contribution in [-0.4, -0.2) is 17.8 Å². The van der Waals surface area contributed by atoms with E-state index in [1.54, 1.807) is 43.3 Å². The van der Waals surface area contributed by atoms with Crippen molar-refractivity contribution in [1.29, 1.82) is 0 Å². The maximum atomic E-state index is 12.1. The Kier molecular flexibility index (Phi) is 5.33. The first-order chi connectivity index (χ1) is 10.5. The van der Waals surface area contributed by atoms with Gasteiger partial charge in [-0.2, -0.15) is 0 Å². The number of ether oxygens (including phenoxy) is 1. The van der Waals surface area contributed by atoms with Gasteiger partial charge in [-0.1, -0.05) is 34.1 Å². The van der Waals surface area contributed by atoms with Gasteiger partial charge in [0.1, 0.15) is 5.75 Å². The van der Waals surface area contributed by atoms with Gasteiger partial charge in [-0.3, -0.25) is 9.59 Å². The van der Waals surface area contributed by atoms with E-state index in [1.807, 2.05) is 12.1 Å². The Labute approximate surface area is 137 Å². The number of nitrogens with one attached hydrogen (secondary N) is 1. The minimum atomic E-state index is -0.679. The molecule has 0 unspecified atom stereocenters. The first-order valence-electron chi connectivity index (χ1n) is 6.80. The predicted molar refractivity (Wildman–Crippen MR) is 89.3 cm³/mol. The van der Waals surface area contributed by atoms with E-state index >= 15 is 0 Å². The summed E-state index contributed by atoms with van der Waals surface area (Å²) in [7, 11) is 0. The summed E-state index contributed by atoms with van der Waals surface area (Å²) in [6.07, 6.45) is -0.679. The number of carbonyl (C=O) groups excluding carboxylic acids is 2. The molecular formula is C17H16BrNO3. The molecule has 4 nitrogen and oxygen atoms in total. The Morgan fingerprint density at radius 2 is 1.86 bits per heavy atom. The normalized spacial score (nSPS) is 11.6. The van der Waals surface area contributed by atoms with Crippen molar-refractivity contribution in [2.75, 3.05) is 5.32 Å². The van der Waals surface area contributed by atoms with E-state index in [4.69, 9.17) is 4.74 Å². The minimum Gasteiger partial charge on any atom is -0.481 e. The summed E-state index contributed by atoms with van der Waals surface area (Å²) < 4.78 is 6.48. The van der Waals surface area contributed by atoms with Crippen LogP contribution in [0.2, 0.25) is 0 Å². The molecule has 1 amide bonds. The van der Waals surface area contributed by atoms with Crippen molar-refractivity contribution >= 4 is 33.3 Å². The first kappa shape index (κ1) is 16.2. The van der Waals surface area contributed by atoms with E-state index in [0.29, 0.717) is 17.0 Å². The first-order valence-corrected chi connectivity index (χ1v) is 7.59. The topological polar surface area (TPSA) is 55.4 Å². The van der Waals surface area contributed by atoms with Gasteiger partial charge in [0, 0.05) is 15.7 Å². The predicted octanol–water partition coefficient (Wildman–Crippen LogP) is 4.06. The summed E-state index contributed by atoms with van der Waals surface area (Å²) in [4.78, 5) is 23.5. The highest BCUT2D eigenvalue weighted by Gasteiger charge is 2.15. The lowest BCUT2D eigenvalue weighted by molar-refractivity contribution is -0.122. The Bertz CT molecular complexity index is 700. The van der Waals surface area contributed by atoms with Gasteiger partial charge in [0.05, 0.1) is 0 Å². The van der Waals surface area contributed by atoms with Crippen LogP contribution in [0.3, 0.4) is 0 Å². The van der Waals surface area contributed by atoms with Crippen molar-refractivity contribution in [3.8, 4) is 5.75 Å². The SMILES string of the molecule is CC(=O)c1cccc(O[C@H](C)C(=O)Nc2cccc(Br)c2)c1. The van der Waals surface area contributed by atoms with Gasteiger partial charge in [0.25, 0.3) is 5.91 Å². The number of ketones is 1. The third kappa shape index (κ3) is 4.43. The molecule has 0 aliphatic heterocycles. The van der Waals surface area contributed by atoms with Crippen LogP contribution in [-0.2, 0) is 4.79 Å². The second-order valence-corrected chi connectivity index (χ2v) is 5.76. The number of carbonyl (C=O) groups is 2. The molecule has 5 heteroatoms. The fourth-order valence-electron chi connectivity index (χ4n) is 1.86. The molecule has 0 aromatic heterocycles. The van der Waals surface area contributed by atoms with E-state index < -0.39 is 6.10 Å². The Morgan fingerprint density at radius 1 is 1.14 bits per heavy atom. The molecule has 0 saturated heterocycles. The monoisotopic (exact) mass is 361 g/mol. The van der Waals surface area contributed by atoms with Crippen LogP contribution in [0.25, 0.3) is 0 Å². The smallest absolute Gasteiger partial charge is 0.265 e. The van der Waals surface area contributed by atoms with E-state index in [2.05, 4.69) is 21.2 Å².